The molecular weight excluding hydrogens is 400 g/mol. The number of carbonyl (C=O) groups excluding carboxylic acids is 3. The van der Waals surface area contributed by atoms with Crippen molar-refractivity contribution in [2.45, 2.75) is 0 Å². The van der Waals surface area contributed by atoms with E-state index >= 15 is 0 Å². The van der Waals surface area contributed by atoms with E-state index < -0.39 is 11.9 Å². The van der Waals surface area contributed by atoms with Crippen LogP contribution in [0.15, 0.2) is 72.8 Å². The van der Waals surface area contributed by atoms with Crippen LogP contribution in [0.25, 0.3) is 0 Å². The molecule has 0 atom stereocenters. The number of hydrogen-bond donors (Lipinski definition) is 2. The maximum absolute atomic E-state index is 12.4. The Bertz CT molecular complexity index is 1080. The van der Waals surface area contributed by atoms with E-state index in [4.69, 9.17) is 19.9 Å². The van der Waals surface area contributed by atoms with E-state index in [2.05, 4.69) is 5.32 Å². The van der Waals surface area contributed by atoms with Crippen LogP contribution < -0.4 is 25.3 Å². The Morgan fingerprint density at radius 2 is 1.58 bits per heavy atom. The molecular formula is C23H20N2O6. The minimum absolute atomic E-state index is 0.227. The summed E-state index contributed by atoms with van der Waals surface area (Å²) in [5.74, 6) is -0.646. The predicted molar refractivity (Wildman–Crippen MR) is 113 cm³/mol. The lowest BCUT2D eigenvalue weighted by Crippen LogP contribution is -2.20. The third-order valence-corrected chi connectivity index (χ3v) is 4.13. The molecule has 158 valence electrons. The Hall–Kier alpha value is -4.33. The number of rotatable bonds is 8. The number of primary amides is 1. The van der Waals surface area contributed by atoms with Crippen LogP contribution >= 0.6 is 0 Å². The van der Waals surface area contributed by atoms with Gasteiger partial charge in [0.25, 0.3) is 11.8 Å². The van der Waals surface area contributed by atoms with Crippen molar-refractivity contribution >= 4 is 23.5 Å². The molecule has 8 heteroatoms. The zero-order valence-electron chi connectivity index (χ0n) is 16.7. The zero-order valence-corrected chi connectivity index (χ0v) is 16.7. The number of methoxy groups -OCH3 is 1. The molecule has 0 aromatic heterocycles. The smallest absolute Gasteiger partial charge is 0.343 e. The molecule has 0 aliphatic rings. The molecule has 0 fully saturated rings. The second kappa shape index (κ2) is 9.93. The van der Waals surface area contributed by atoms with E-state index in [-0.39, 0.29) is 29.6 Å². The van der Waals surface area contributed by atoms with E-state index in [1.807, 2.05) is 6.07 Å². The van der Waals surface area contributed by atoms with Gasteiger partial charge in [-0.15, -0.1) is 0 Å². The number of anilines is 1. The Balaban J connectivity index is 1.64. The van der Waals surface area contributed by atoms with E-state index in [1.54, 1.807) is 48.5 Å². The Labute approximate surface area is 178 Å². The largest absolute Gasteiger partial charge is 0.493 e. The number of nitrogens with two attached hydrogens (primary N) is 1. The zero-order chi connectivity index (χ0) is 22.2. The maximum Gasteiger partial charge on any atom is 0.343 e. The molecule has 0 bridgehead atoms. The quantitative estimate of drug-likeness (QED) is 0.427. The Kier molecular flexibility index (Phi) is 6.85. The summed E-state index contributed by atoms with van der Waals surface area (Å²) >= 11 is 0. The lowest BCUT2D eigenvalue weighted by Gasteiger charge is -2.11. The average Bonchev–Trinajstić information content (AvgIpc) is 2.79. The van der Waals surface area contributed by atoms with Crippen LogP contribution in [0.5, 0.6) is 17.2 Å². The molecule has 3 N–H and O–H groups in total. The molecule has 3 rings (SSSR count). The molecule has 3 aromatic rings. The van der Waals surface area contributed by atoms with Crippen molar-refractivity contribution in [3.05, 3.63) is 83.9 Å². The van der Waals surface area contributed by atoms with Crippen molar-refractivity contribution in [2.75, 3.05) is 19.0 Å². The predicted octanol–water partition coefficient (Wildman–Crippen LogP) is 3.03. The molecule has 0 saturated heterocycles. The van der Waals surface area contributed by atoms with Gasteiger partial charge in [0, 0.05) is 11.3 Å². The first-order valence-electron chi connectivity index (χ1n) is 9.24. The first kappa shape index (κ1) is 21.4. The van der Waals surface area contributed by atoms with Crippen LogP contribution in [-0.4, -0.2) is 31.5 Å². The highest BCUT2D eigenvalue weighted by molar-refractivity contribution is 6.04. The number of nitrogens with one attached hydrogen (secondary N) is 1. The SMILES string of the molecule is COc1cc(C(=O)Oc2ccc(NC(=O)c3ccccc3)cc2)ccc1OCC(N)=O. The van der Waals surface area contributed by atoms with Crippen LogP contribution in [0, 0.1) is 0 Å². The van der Waals surface area contributed by atoms with E-state index in [9.17, 15) is 14.4 Å². The summed E-state index contributed by atoms with van der Waals surface area (Å²) < 4.78 is 15.8. The molecule has 2 amide bonds. The first-order chi connectivity index (χ1) is 15.0. The summed E-state index contributed by atoms with van der Waals surface area (Å²) in [5, 5.41) is 2.77. The van der Waals surface area contributed by atoms with E-state index in [0.717, 1.165) is 0 Å². The number of amides is 2. The Morgan fingerprint density at radius 1 is 0.871 bits per heavy atom. The molecule has 8 nitrogen and oxygen atoms in total. The summed E-state index contributed by atoms with van der Waals surface area (Å²) in [4.78, 5) is 35.5. The molecule has 0 unspecified atom stereocenters. The lowest BCUT2D eigenvalue weighted by atomic mass is 10.2. The second-order valence-corrected chi connectivity index (χ2v) is 6.35. The summed E-state index contributed by atoms with van der Waals surface area (Å²) in [6.45, 7) is -0.312. The fourth-order valence-corrected chi connectivity index (χ4v) is 2.63. The molecule has 0 saturated carbocycles. The van der Waals surface area contributed by atoms with Crippen molar-refractivity contribution in [1.29, 1.82) is 0 Å². The van der Waals surface area contributed by atoms with Crippen molar-refractivity contribution in [3.63, 3.8) is 0 Å². The summed E-state index contributed by atoms with van der Waals surface area (Å²) in [6.07, 6.45) is 0. The van der Waals surface area contributed by atoms with Crippen molar-refractivity contribution in [1.82, 2.24) is 0 Å². The van der Waals surface area contributed by atoms with Gasteiger partial charge in [-0.05, 0) is 54.6 Å². The highest BCUT2D eigenvalue weighted by atomic mass is 16.5. The molecule has 0 radical (unpaired) electrons. The standard InChI is InChI=1S/C23H20N2O6/c1-29-20-13-16(7-12-19(20)30-14-21(24)26)23(28)31-18-10-8-17(9-11-18)25-22(27)15-5-3-2-4-6-15/h2-13H,14H2,1H3,(H2,24,26)(H,25,27). The number of carbonyl (C=O) groups is 3. The number of ether oxygens (including phenoxy) is 3. The molecule has 0 spiro atoms. The fourth-order valence-electron chi connectivity index (χ4n) is 2.63. The average molecular weight is 420 g/mol. The highest BCUT2D eigenvalue weighted by Crippen LogP contribution is 2.28. The minimum atomic E-state index is -0.631. The molecule has 0 aliphatic carbocycles. The van der Waals surface area contributed by atoms with Crippen LogP contribution in [0.1, 0.15) is 20.7 Å². The van der Waals surface area contributed by atoms with Gasteiger partial charge in [0.05, 0.1) is 12.7 Å². The van der Waals surface area contributed by atoms with Gasteiger partial charge in [-0.1, -0.05) is 18.2 Å². The number of esters is 1. The van der Waals surface area contributed by atoms with Crippen molar-refractivity contribution in [2.24, 2.45) is 5.73 Å². The normalized spacial score (nSPS) is 10.1. The minimum Gasteiger partial charge on any atom is -0.493 e. The summed E-state index contributed by atoms with van der Waals surface area (Å²) in [7, 11) is 1.41. The van der Waals surface area contributed by atoms with Crippen LogP contribution in [0.2, 0.25) is 0 Å². The first-order valence-corrected chi connectivity index (χ1v) is 9.24. The molecule has 0 aliphatic heterocycles. The van der Waals surface area contributed by atoms with Crippen LogP contribution in [0.4, 0.5) is 5.69 Å². The van der Waals surface area contributed by atoms with Gasteiger partial charge < -0.3 is 25.3 Å². The molecule has 0 heterocycles. The monoisotopic (exact) mass is 420 g/mol. The number of benzene rings is 3. The second-order valence-electron chi connectivity index (χ2n) is 6.35. The van der Waals surface area contributed by atoms with Gasteiger partial charge in [0.1, 0.15) is 5.75 Å². The van der Waals surface area contributed by atoms with Crippen LogP contribution in [-0.2, 0) is 4.79 Å². The number of hydrogen-bond acceptors (Lipinski definition) is 6. The molecule has 31 heavy (non-hydrogen) atoms. The van der Waals surface area contributed by atoms with Gasteiger partial charge in [-0.25, -0.2) is 4.79 Å². The van der Waals surface area contributed by atoms with Crippen molar-refractivity contribution in [3.8, 4) is 17.2 Å². The van der Waals surface area contributed by atoms with Crippen molar-refractivity contribution < 1.29 is 28.6 Å². The van der Waals surface area contributed by atoms with Crippen LogP contribution in [0.3, 0.4) is 0 Å². The third kappa shape index (κ3) is 5.83. The van der Waals surface area contributed by atoms with Gasteiger partial charge in [-0.2, -0.15) is 0 Å². The fraction of sp³-hybridized carbons (Fsp3) is 0.0870. The van der Waals surface area contributed by atoms with Gasteiger partial charge in [0.15, 0.2) is 18.1 Å². The van der Waals surface area contributed by atoms with E-state index in [0.29, 0.717) is 17.0 Å². The summed E-state index contributed by atoms with van der Waals surface area (Å²) in [6, 6.07) is 19.6. The van der Waals surface area contributed by atoms with Gasteiger partial charge >= 0.3 is 5.97 Å². The topological polar surface area (TPSA) is 117 Å². The third-order valence-electron chi connectivity index (χ3n) is 4.13. The lowest BCUT2D eigenvalue weighted by molar-refractivity contribution is -0.119. The summed E-state index contributed by atoms with van der Waals surface area (Å²) in [5.41, 5.74) is 6.39. The van der Waals surface area contributed by atoms with Gasteiger partial charge in [0.2, 0.25) is 0 Å². The van der Waals surface area contributed by atoms with Gasteiger partial charge in [-0.3, -0.25) is 9.59 Å². The highest BCUT2D eigenvalue weighted by Gasteiger charge is 2.14. The Morgan fingerprint density at radius 3 is 2.23 bits per heavy atom. The van der Waals surface area contributed by atoms with E-state index in [1.165, 1.54) is 25.3 Å². The molecule has 3 aromatic carbocycles. The maximum atomic E-state index is 12.4.